The van der Waals surface area contributed by atoms with Crippen molar-refractivity contribution in [3.63, 3.8) is 0 Å². The van der Waals surface area contributed by atoms with Crippen molar-refractivity contribution in [2.24, 2.45) is 0 Å². The molecule has 0 saturated heterocycles. The van der Waals surface area contributed by atoms with Crippen molar-refractivity contribution in [2.75, 3.05) is 14.2 Å². The maximum atomic E-state index is 5.31. The van der Waals surface area contributed by atoms with Gasteiger partial charge < -0.3 is 14.0 Å². The summed E-state index contributed by atoms with van der Waals surface area (Å²) in [5.41, 5.74) is 7.70. The molecular formula is C25H25N5O2. The van der Waals surface area contributed by atoms with Gasteiger partial charge in [-0.25, -0.2) is 9.97 Å². The maximum Gasteiger partial charge on any atom is 0.216 e. The largest absolute Gasteiger partial charge is 0.481 e. The van der Waals surface area contributed by atoms with Crippen molar-refractivity contribution < 1.29 is 9.47 Å². The van der Waals surface area contributed by atoms with Crippen molar-refractivity contribution in [3.8, 4) is 23.0 Å². The Kier molecular flexibility index (Phi) is 4.69. The highest BCUT2D eigenvalue weighted by molar-refractivity contribution is 5.88. The van der Waals surface area contributed by atoms with Gasteiger partial charge in [0.05, 0.1) is 54.9 Å². The normalized spacial score (nSPS) is 13.2. The number of pyridine rings is 1. The molecule has 3 heterocycles. The Morgan fingerprint density at radius 3 is 2.34 bits per heavy atom. The van der Waals surface area contributed by atoms with Gasteiger partial charge in [0.25, 0.3) is 0 Å². The van der Waals surface area contributed by atoms with Crippen molar-refractivity contribution in [3.05, 3.63) is 65.9 Å². The lowest BCUT2D eigenvalue weighted by Gasteiger charge is -2.22. The minimum Gasteiger partial charge on any atom is -0.481 e. The molecule has 0 amide bonds. The van der Waals surface area contributed by atoms with Gasteiger partial charge in [0.1, 0.15) is 0 Å². The van der Waals surface area contributed by atoms with Gasteiger partial charge in [-0.05, 0) is 38.5 Å². The van der Waals surface area contributed by atoms with E-state index in [-0.39, 0.29) is 5.54 Å². The molecule has 0 aliphatic heterocycles. The first-order chi connectivity index (χ1) is 15.4. The molecule has 3 aromatic heterocycles. The van der Waals surface area contributed by atoms with Crippen LogP contribution in [0.15, 0.2) is 48.9 Å². The van der Waals surface area contributed by atoms with E-state index in [1.807, 2.05) is 18.5 Å². The molecule has 1 aliphatic carbocycles. The third-order valence-corrected chi connectivity index (χ3v) is 5.68. The van der Waals surface area contributed by atoms with E-state index in [2.05, 4.69) is 59.6 Å². The Morgan fingerprint density at radius 2 is 1.66 bits per heavy atom. The molecule has 0 atom stereocenters. The highest BCUT2D eigenvalue weighted by Crippen LogP contribution is 2.34. The minimum atomic E-state index is -0.0538. The second-order valence-electron chi connectivity index (χ2n) is 8.80. The lowest BCUT2D eigenvalue weighted by molar-refractivity contribution is 0.365. The van der Waals surface area contributed by atoms with Gasteiger partial charge in [0.2, 0.25) is 11.8 Å². The van der Waals surface area contributed by atoms with E-state index in [1.165, 1.54) is 0 Å². The first-order valence-corrected chi connectivity index (χ1v) is 10.5. The van der Waals surface area contributed by atoms with Crippen LogP contribution in [0.5, 0.6) is 11.8 Å². The summed E-state index contributed by atoms with van der Waals surface area (Å²) in [5.74, 6) is 0.941. The van der Waals surface area contributed by atoms with E-state index in [0.717, 1.165) is 51.2 Å². The monoisotopic (exact) mass is 427 g/mol. The zero-order valence-electron chi connectivity index (χ0n) is 18.9. The number of aromatic nitrogens is 5. The number of allylic oxidation sites excluding steroid dienone is 1. The van der Waals surface area contributed by atoms with Gasteiger partial charge in [-0.3, -0.25) is 4.98 Å². The molecule has 4 aromatic rings. The summed E-state index contributed by atoms with van der Waals surface area (Å²) in [5, 5.41) is 0. The fourth-order valence-corrected chi connectivity index (χ4v) is 4.02. The summed E-state index contributed by atoms with van der Waals surface area (Å²) in [6, 6.07) is 10.1. The number of fused-ring (bicyclic) bond motifs is 2. The average molecular weight is 428 g/mol. The molecule has 0 unspecified atom stereocenters. The molecule has 5 rings (SSSR count). The molecule has 1 aromatic carbocycles. The molecule has 1 aliphatic rings. The lowest BCUT2D eigenvalue weighted by Crippen LogP contribution is -2.20. The minimum absolute atomic E-state index is 0.0538. The predicted octanol–water partition coefficient (Wildman–Crippen LogP) is 4.65. The molecule has 32 heavy (non-hydrogen) atoms. The zero-order chi connectivity index (χ0) is 22.5. The van der Waals surface area contributed by atoms with Crippen molar-refractivity contribution in [2.45, 2.75) is 32.7 Å². The summed E-state index contributed by atoms with van der Waals surface area (Å²) >= 11 is 0. The Morgan fingerprint density at radius 1 is 0.906 bits per heavy atom. The topological polar surface area (TPSA) is 75.0 Å². The molecule has 0 bridgehead atoms. The van der Waals surface area contributed by atoms with Crippen LogP contribution in [-0.2, 0) is 12.0 Å². The van der Waals surface area contributed by atoms with Gasteiger partial charge in [-0.15, -0.1) is 0 Å². The molecular weight excluding hydrogens is 402 g/mol. The Balaban J connectivity index is 1.59. The van der Waals surface area contributed by atoms with Crippen molar-refractivity contribution >= 4 is 16.6 Å². The highest BCUT2D eigenvalue weighted by atomic mass is 16.5. The molecule has 0 fully saturated rings. The van der Waals surface area contributed by atoms with E-state index in [9.17, 15) is 0 Å². The molecule has 7 heteroatoms. The Hall–Kier alpha value is -3.74. The van der Waals surface area contributed by atoms with Gasteiger partial charge in [0.15, 0.2) is 0 Å². The zero-order valence-corrected chi connectivity index (χ0v) is 18.9. The summed E-state index contributed by atoms with van der Waals surface area (Å²) in [6.45, 7) is 6.54. The average Bonchev–Trinajstić information content (AvgIpc) is 3.41. The summed E-state index contributed by atoms with van der Waals surface area (Å²) in [7, 11) is 3.17. The van der Waals surface area contributed by atoms with Crippen LogP contribution < -0.4 is 9.47 Å². The predicted molar refractivity (Wildman–Crippen MR) is 124 cm³/mol. The number of methoxy groups -OCH3 is 2. The fourth-order valence-electron chi connectivity index (χ4n) is 4.02. The van der Waals surface area contributed by atoms with Crippen LogP contribution >= 0.6 is 0 Å². The van der Waals surface area contributed by atoms with Crippen LogP contribution in [0, 0.1) is 0 Å². The summed E-state index contributed by atoms with van der Waals surface area (Å²) in [4.78, 5) is 18.5. The van der Waals surface area contributed by atoms with Crippen molar-refractivity contribution in [1.29, 1.82) is 0 Å². The van der Waals surface area contributed by atoms with Crippen LogP contribution in [0.4, 0.5) is 0 Å². The molecule has 162 valence electrons. The number of benzene rings is 1. The fraction of sp³-hybridized carbons (Fsp3) is 0.280. The second-order valence-corrected chi connectivity index (χ2v) is 8.80. The summed E-state index contributed by atoms with van der Waals surface area (Å²) in [6.07, 6.45) is 6.66. The quantitative estimate of drug-likeness (QED) is 0.472. The molecule has 0 saturated carbocycles. The smallest absolute Gasteiger partial charge is 0.216 e. The number of hydrogen-bond acceptors (Lipinski definition) is 6. The lowest BCUT2D eigenvalue weighted by atomic mass is 10.0. The number of nitrogens with zero attached hydrogens (tertiary/aromatic N) is 5. The van der Waals surface area contributed by atoms with Crippen molar-refractivity contribution in [1.82, 2.24) is 24.5 Å². The number of ether oxygens (including phenoxy) is 2. The second kappa shape index (κ2) is 7.44. The van der Waals surface area contributed by atoms with Gasteiger partial charge in [-0.1, -0.05) is 12.1 Å². The number of imidazole rings is 1. The van der Waals surface area contributed by atoms with E-state index in [4.69, 9.17) is 19.4 Å². The Bertz CT molecular complexity index is 1340. The SMILES string of the molecule is COc1cc(-c2cnc3c(n2)C(c2ccc4ncn(C(C)(C)C)c4c2)=CC3)cc(OC)n1. The molecule has 0 N–H and O–H groups in total. The van der Waals surface area contributed by atoms with Gasteiger partial charge in [0, 0.05) is 35.2 Å². The van der Waals surface area contributed by atoms with E-state index < -0.39 is 0 Å². The van der Waals surface area contributed by atoms with Gasteiger partial charge in [-0.2, -0.15) is 4.98 Å². The third kappa shape index (κ3) is 3.39. The Labute approximate surface area is 186 Å². The maximum absolute atomic E-state index is 5.31. The molecule has 0 radical (unpaired) electrons. The molecule has 7 nitrogen and oxygen atoms in total. The van der Waals surface area contributed by atoms with Gasteiger partial charge >= 0.3 is 0 Å². The van der Waals surface area contributed by atoms with E-state index in [0.29, 0.717) is 11.8 Å². The summed E-state index contributed by atoms with van der Waals surface area (Å²) < 4.78 is 12.8. The van der Waals surface area contributed by atoms with Crippen LogP contribution in [0.25, 0.3) is 27.9 Å². The van der Waals surface area contributed by atoms with Crippen LogP contribution in [0.1, 0.15) is 37.7 Å². The van der Waals surface area contributed by atoms with E-state index >= 15 is 0 Å². The highest BCUT2D eigenvalue weighted by Gasteiger charge is 2.22. The number of hydrogen-bond donors (Lipinski definition) is 0. The van der Waals surface area contributed by atoms with E-state index in [1.54, 1.807) is 20.4 Å². The molecule has 0 spiro atoms. The van der Waals surface area contributed by atoms with Crippen LogP contribution in [-0.4, -0.2) is 38.7 Å². The number of rotatable bonds is 4. The first kappa shape index (κ1) is 20.2. The standard InChI is InChI=1S/C25H25N5O2/c1-25(2,3)30-14-27-18-8-6-15(10-21(18)30)17-7-9-19-24(17)28-20(13-26-19)16-11-22(31-4)29-23(12-16)32-5/h6-8,10-14H,9H2,1-5H3. The van der Waals surface area contributed by atoms with Crippen LogP contribution in [0.3, 0.4) is 0 Å². The van der Waals surface area contributed by atoms with Crippen LogP contribution in [0.2, 0.25) is 0 Å². The first-order valence-electron chi connectivity index (χ1n) is 10.5. The third-order valence-electron chi connectivity index (χ3n) is 5.68.